The number of hydrogen-bond donors (Lipinski definition) is 3. The fourth-order valence-corrected chi connectivity index (χ4v) is 4.00. The second-order valence-corrected chi connectivity index (χ2v) is 10.1. The van der Waals surface area contributed by atoms with Gasteiger partial charge in [-0.25, -0.2) is 4.79 Å². The van der Waals surface area contributed by atoms with E-state index in [0.29, 0.717) is 17.8 Å². The minimum absolute atomic E-state index is 0.0588. The van der Waals surface area contributed by atoms with Crippen LogP contribution in [0.1, 0.15) is 64.1 Å². The van der Waals surface area contributed by atoms with Crippen molar-refractivity contribution in [3.63, 3.8) is 0 Å². The lowest BCUT2D eigenvalue weighted by atomic mass is 10.0. The van der Waals surface area contributed by atoms with Gasteiger partial charge >= 0.3 is 6.09 Å². The van der Waals surface area contributed by atoms with Gasteiger partial charge in [-0.2, -0.15) is 12.6 Å². The molecule has 2 aromatic rings. The van der Waals surface area contributed by atoms with E-state index in [1.54, 1.807) is 25.7 Å². The normalized spacial score (nSPS) is 12.8. The molecule has 0 heterocycles. The van der Waals surface area contributed by atoms with E-state index < -0.39 is 23.8 Å². The summed E-state index contributed by atoms with van der Waals surface area (Å²) in [4.78, 5) is 41.6. The highest BCUT2D eigenvalue weighted by Crippen LogP contribution is 2.26. The summed E-state index contributed by atoms with van der Waals surface area (Å²) in [6, 6.07) is 14.9. The largest absolute Gasteiger partial charge is 0.444 e. The molecular weight excluding hydrogens is 474 g/mol. The van der Waals surface area contributed by atoms with Crippen LogP contribution >= 0.6 is 12.6 Å². The van der Waals surface area contributed by atoms with Crippen LogP contribution in [-0.4, -0.2) is 46.7 Å². The molecule has 7 nitrogen and oxygen atoms in total. The zero-order chi connectivity index (χ0) is 26.7. The molecule has 0 fully saturated rings. The van der Waals surface area contributed by atoms with Crippen molar-refractivity contribution >= 4 is 36.2 Å². The molecule has 0 saturated carbocycles. The Bertz CT molecular complexity index is 1010. The number of thiol groups is 1. The minimum atomic E-state index is -0.956. The van der Waals surface area contributed by atoms with Gasteiger partial charge in [0, 0.05) is 18.0 Å². The van der Waals surface area contributed by atoms with Gasteiger partial charge in [-0.1, -0.05) is 68.3 Å². The number of nitrogens with one attached hydrogen (secondary N) is 2. The van der Waals surface area contributed by atoms with E-state index in [2.05, 4.69) is 30.2 Å². The van der Waals surface area contributed by atoms with Gasteiger partial charge in [0.25, 0.3) is 5.91 Å². The van der Waals surface area contributed by atoms with E-state index in [1.165, 1.54) is 0 Å². The van der Waals surface area contributed by atoms with Gasteiger partial charge in [0.2, 0.25) is 5.91 Å². The first kappa shape index (κ1) is 29.2. The smallest absolute Gasteiger partial charge is 0.408 e. The van der Waals surface area contributed by atoms with Crippen molar-refractivity contribution < 1.29 is 19.1 Å². The van der Waals surface area contributed by atoms with Crippen molar-refractivity contribution in [2.75, 3.05) is 17.6 Å². The second kappa shape index (κ2) is 13.9. The molecule has 2 unspecified atom stereocenters. The maximum Gasteiger partial charge on any atom is 0.408 e. The number of anilines is 1. The highest BCUT2D eigenvalue weighted by Gasteiger charge is 2.35. The molecule has 0 radical (unpaired) electrons. The molecule has 0 saturated heterocycles. The first-order valence-corrected chi connectivity index (χ1v) is 13.0. The van der Waals surface area contributed by atoms with Crippen LogP contribution in [0.3, 0.4) is 0 Å². The van der Waals surface area contributed by atoms with Crippen molar-refractivity contribution in [2.45, 2.75) is 71.6 Å². The third-order valence-electron chi connectivity index (χ3n) is 5.54. The van der Waals surface area contributed by atoms with Crippen LogP contribution in [0.5, 0.6) is 0 Å². The molecule has 2 rings (SSSR count). The zero-order valence-electron chi connectivity index (χ0n) is 21.9. The van der Waals surface area contributed by atoms with E-state index in [4.69, 9.17) is 4.74 Å². The van der Waals surface area contributed by atoms with Crippen LogP contribution in [0.4, 0.5) is 10.5 Å². The number of para-hydroxylation sites is 1. The molecule has 0 aliphatic rings. The molecule has 8 heteroatoms. The van der Waals surface area contributed by atoms with Crippen molar-refractivity contribution in [3.8, 4) is 0 Å². The molecule has 0 bridgehead atoms. The molecule has 2 aromatic carbocycles. The van der Waals surface area contributed by atoms with Gasteiger partial charge in [0.15, 0.2) is 0 Å². The monoisotopic (exact) mass is 513 g/mol. The van der Waals surface area contributed by atoms with Crippen molar-refractivity contribution in [1.29, 1.82) is 0 Å². The van der Waals surface area contributed by atoms with Gasteiger partial charge in [0.05, 0.1) is 0 Å². The summed E-state index contributed by atoms with van der Waals surface area (Å²) in [5, 5.41) is 5.64. The highest BCUT2D eigenvalue weighted by atomic mass is 32.1. The lowest BCUT2D eigenvalue weighted by Crippen LogP contribution is -2.53. The molecule has 2 N–H and O–H groups in total. The lowest BCUT2D eigenvalue weighted by Gasteiger charge is -2.34. The summed E-state index contributed by atoms with van der Waals surface area (Å²) >= 11 is 4.33. The minimum Gasteiger partial charge on any atom is -0.444 e. The molecule has 0 spiro atoms. The lowest BCUT2D eigenvalue weighted by molar-refractivity contribution is -0.140. The third-order valence-corrected chi connectivity index (χ3v) is 5.90. The topological polar surface area (TPSA) is 87.7 Å². The van der Waals surface area contributed by atoms with Crippen molar-refractivity contribution in [2.24, 2.45) is 0 Å². The van der Waals surface area contributed by atoms with Crippen LogP contribution in [0, 0.1) is 6.92 Å². The summed E-state index contributed by atoms with van der Waals surface area (Å²) < 4.78 is 5.35. The molecule has 0 aliphatic heterocycles. The predicted octanol–water partition coefficient (Wildman–Crippen LogP) is 5.52. The number of carbonyl (C=O) groups excluding carboxylic acids is 3. The predicted molar refractivity (Wildman–Crippen MR) is 147 cm³/mol. The SMILES string of the molecule is CCCCCN(C(=O)C(CS)NC(=O)OC(C)(C)C)C(C(=O)Nc1ccccc1C)c1ccccc1. The fourth-order valence-electron chi connectivity index (χ4n) is 3.76. The summed E-state index contributed by atoms with van der Waals surface area (Å²) in [6.45, 7) is 9.60. The molecule has 2 atom stereocenters. The van der Waals surface area contributed by atoms with Crippen LogP contribution in [0.15, 0.2) is 54.6 Å². The number of benzene rings is 2. The Kier molecular flexibility index (Phi) is 11.3. The van der Waals surface area contributed by atoms with Gasteiger partial charge in [0.1, 0.15) is 17.7 Å². The van der Waals surface area contributed by atoms with Crippen LogP contribution < -0.4 is 10.6 Å². The average molecular weight is 514 g/mol. The van der Waals surface area contributed by atoms with E-state index in [-0.39, 0.29) is 17.6 Å². The standard InChI is InChI=1S/C28H39N3O4S/c1-6-7-13-18-31(26(33)23(19-36)30-27(34)35-28(3,4)5)24(21-15-9-8-10-16-21)25(32)29-22-17-12-11-14-20(22)2/h8-12,14-17,23-24,36H,6-7,13,18-19H2,1-5H3,(H,29,32)(H,30,34). The van der Waals surface area contributed by atoms with E-state index in [9.17, 15) is 14.4 Å². The number of unbranched alkanes of at least 4 members (excludes halogenated alkanes) is 2. The number of ether oxygens (including phenoxy) is 1. The maximum atomic E-state index is 13.8. The number of amides is 3. The number of rotatable bonds is 11. The Labute approximate surface area is 220 Å². The Hall–Kier alpha value is -3.00. The Morgan fingerprint density at radius 1 is 1.00 bits per heavy atom. The first-order chi connectivity index (χ1) is 17.1. The fraction of sp³-hybridized carbons (Fsp3) is 0.464. The number of aryl methyl sites for hydroxylation is 1. The van der Waals surface area contributed by atoms with Gasteiger partial charge < -0.3 is 20.3 Å². The number of nitrogens with zero attached hydrogens (tertiary/aromatic N) is 1. The summed E-state index contributed by atoms with van der Waals surface area (Å²) in [5.41, 5.74) is 1.57. The van der Waals surface area contributed by atoms with Crippen LogP contribution in [0.25, 0.3) is 0 Å². The quantitative estimate of drug-likeness (QED) is 0.273. The average Bonchev–Trinajstić information content (AvgIpc) is 2.82. The number of carbonyl (C=O) groups is 3. The van der Waals surface area contributed by atoms with E-state index >= 15 is 0 Å². The van der Waals surface area contributed by atoms with Crippen molar-refractivity contribution in [1.82, 2.24) is 10.2 Å². The molecule has 0 aliphatic carbocycles. The molecular formula is C28H39N3O4S. The second-order valence-electron chi connectivity index (χ2n) is 9.74. The summed E-state index contributed by atoms with van der Waals surface area (Å²) in [6.07, 6.45) is 1.87. The van der Waals surface area contributed by atoms with Gasteiger partial charge in [-0.15, -0.1) is 0 Å². The van der Waals surface area contributed by atoms with E-state index in [0.717, 1.165) is 24.8 Å². The van der Waals surface area contributed by atoms with Gasteiger partial charge in [-0.05, 0) is 51.3 Å². The maximum absolute atomic E-state index is 13.8. The van der Waals surface area contributed by atoms with Crippen molar-refractivity contribution in [3.05, 3.63) is 65.7 Å². The highest BCUT2D eigenvalue weighted by molar-refractivity contribution is 7.80. The molecule has 36 heavy (non-hydrogen) atoms. The summed E-state index contributed by atoms with van der Waals surface area (Å²) in [7, 11) is 0. The third kappa shape index (κ3) is 8.90. The van der Waals surface area contributed by atoms with Crippen LogP contribution in [-0.2, 0) is 14.3 Å². The number of hydrogen-bond acceptors (Lipinski definition) is 5. The van der Waals surface area contributed by atoms with Crippen LogP contribution in [0.2, 0.25) is 0 Å². The van der Waals surface area contributed by atoms with Gasteiger partial charge in [-0.3, -0.25) is 9.59 Å². The van der Waals surface area contributed by atoms with E-state index in [1.807, 2.05) is 61.5 Å². The Morgan fingerprint density at radius 3 is 2.22 bits per heavy atom. The molecule has 0 aromatic heterocycles. The summed E-state index contributed by atoms with van der Waals surface area (Å²) in [5.74, 6) is -0.653. The molecule has 3 amide bonds. The number of alkyl carbamates (subject to hydrolysis) is 1. The Balaban J connectivity index is 2.43. The zero-order valence-corrected chi connectivity index (χ0v) is 22.8. The Morgan fingerprint density at radius 2 is 1.64 bits per heavy atom. The first-order valence-electron chi connectivity index (χ1n) is 12.4. The molecule has 196 valence electrons.